The maximum Gasteiger partial charge on any atom is 0.328 e. The maximum absolute atomic E-state index is 9.55. The van der Waals surface area contributed by atoms with Crippen molar-refractivity contribution in [1.82, 2.24) is 4.90 Å². The van der Waals surface area contributed by atoms with Gasteiger partial charge < -0.3 is 20.2 Å². The highest BCUT2D eigenvalue weighted by atomic mass is 35.5. The molecule has 0 aliphatic carbocycles. The SMILES string of the molecule is CN1CCC(c2ccc(Cl)c(Cl)c2)C(CO)C1.O=C(O)C=CC(=O)O. The lowest BCUT2D eigenvalue weighted by atomic mass is 9.81. The van der Waals surface area contributed by atoms with Crippen LogP contribution in [-0.2, 0) is 9.59 Å². The van der Waals surface area contributed by atoms with E-state index < -0.39 is 11.9 Å². The van der Waals surface area contributed by atoms with Crippen LogP contribution in [0.3, 0.4) is 0 Å². The number of hydrogen-bond acceptors (Lipinski definition) is 4. The van der Waals surface area contributed by atoms with Crippen LogP contribution in [0.15, 0.2) is 30.4 Å². The van der Waals surface area contributed by atoms with E-state index in [1.165, 1.54) is 5.56 Å². The number of carboxylic acid groups (broad SMARTS) is 2. The van der Waals surface area contributed by atoms with Crippen molar-refractivity contribution >= 4 is 35.1 Å². The molecule has 2 rings (SSSR count). The van der Waals surface area contributed by atoms with Crippen LogP contribution in [0.1, 0.15) is 17.9 Å². The van der Waals surface area contributed by atoms with Crippen molar-refractivity contribution in [1.29, 1.82) is 0 Å². The Morgan fingerprint density at radius 3 is 2.28 bits per heavy atom. The summed E-state index contributed by atoms with van der Waals surface area (Å²) in [4.78, 5) is 21.4. The van der Waals surface area contributed by atoms with Gasteiger partial charge in [0.1, 0.15) is 0 Å². The van der Waals surface area contributed by atoms with Gasteiger partial charge in [0.05, 0.1) is 10.0 Å². The normalized spacial score (nSPS) is 20.8. The molecule has 0 bridgehead atoms. The Morgan fingerprint density at radius 1 is 1.20 bits per heavy atom. The number of rotatable bonds is 4. The van der Waals surface area contributed by atoms with E-state index in [2.05, 4.69) is 11.9 Å². The van der Waals surface area contributed by atoms with Gasteiger partial charge in [-0.2, -0.15) is 0 Å². The third-order valence-corrected chi connectivity index (χ3v) is 4.65. The summed E-state index contributed by atoms with van der Waals surface area (Å²) in [5.41, 5.74) is 1.19. The first-order chi connectivity index (χ1) is 11.7. The average molecular weight is 390 g/mol. The highest BCUT2D eigenvalue weighted by Crippen LogP contribution is 2.35. The first-order valence-electron chi connectivity index (χ1n) is 7.62. The number of carboxylic acids is 2. The molecule has 2 unspecified atom stereocenters. The Kier molecular flexibility index (Phi) is 8.92. The predicted octanol–water partition coefficient (Wildman–Crippen LogP) is 2.73. The van der Waals surface area contributed by atoms with E-state index in [4.69, 9.17) is 33.4 Å². The molecule has 138 valence electrons. The molecule has 0 amide bonds. The second-order valence-corrected chi connectivity index (χ2v) is 6.60. The Balaban J connectivity index is 0.000000333. The Labute approximate surface area is 156 Å². The van der Waals surface area contributed by atoms with Crippen LogP contribution in [-0.4, -0.2) is 58.9 Å². The minimum absolute atomic E-state index is 0.218. The van der Waals surface area contributed by atoms with Crippen LogP contribution < -0.4 is 0 Å². The van der Waals surface area contributed by atoms with Gasteiger partial charge in [-0.1, -0.05) is 29.3 Å². The van der Waals surface area contributed by atoms with E-state index in [-0.39, 0.29) is 12.5 Å². The number of halogens is 2. The van der Waals surface area contributed by atoms with Crippen LogP contribution in [0.25, 0.3) is 0 Å². The number of nitrogens with zero attached hydrogens (tertiary/aromatic N) is 1. The topological polar surface area (TPSA) is 98.1 Å². The molecule has 2 atom stereocenters. The second kappa shape index (κ2) is 10.4. The van der Waals surface area contributed by atoms with Gasteiger partial charge in [-0.05, 0) is 43.6 Å². The quantitative estimate of drug-likeness (QED) is 0.684. The summed E-state index contributed by atoms with van der Waals surface area (Å²) in [6.07, 6.45) is 2.17. The van der Waals surface area contributed by atoms with Gasteiger partial charge in [-0.15, -0.1) is 0 Å². The molecule has 1 aliphatic rings. The van der Waals surface area contributed by atoms with E-state index in [1.54, 1.807) is 0 Å². The molecule has 6 nitrogen and oxygen atoms in total. The molecule has 3 N–H and O–H groups in total. The third kappa shape index (κ3) is 7.44. The van der Waals surface area contributed by atoms with E-state index in [0.717, 1.165) is 19.5 Å². The summed E-state index contributed by atoms with van der Waals surface area (Å²) in [5, 5.41) is 26.3. The molecule has 0 saturated carbocycles. The first kappa shape index (κ1) is 21.4. The summed E-state index contributed by atoms with van der Waals surface area (Å²) in [6, 6.07) is 5.79. The van der Waals surface area contributed by atoms with Crippen molar-refractivity contribution in [3.63, 3.8) is 0 Å². The number of aliphatic hydroxyl groups is 1. The fourth-order valence-electron chi connectivity index (χ4n) is 2.72. The Bertz CT molecular complexity index is 619. The molecule has 1 aromatic carbocycles. The highest BCUT2D eigenvalue weighted by molar-refractivity contribution is 6.42. The van der Waals surface area contributed by atoms with Crippen molar-refractivity contribution < 1.29 is 24.9 Å². The molecule has 1 aliphatic heterocycles. The van der Waals surface area contributed by atoms with E-state index in [9.17, 15) is 14.7 Å². The summed E-state index contributed by atoms with van der Waals surface area (Å²) in [5.74, 6) is -1.85. The zero-order valence-electron chi connectivity index (χ0n) is 13.7. The molecule has 25 heavy (non-hydrogen) atoms. The zero-order chi connectivity index (χ0) is 19.0. The van der Waals surface area contributed by atoms with Crippen LogP contribution in [0.5, 0.6) is 0 Å². The highest BCUT2D eigenvalue weighted by Gasteiger charge is 2.28. The standard InChI is InChI=1S/C13H17Cl2NO.C4H4O4/c1-16-5-4-11(10(7-16)8-17)9-2-3-12(14)13(15)6-9;5-3(6)1-2-4(7)8/h2-3,6,10-11,17H,4-5,7-8H2,1H3;1-2H,(H,5,6)(H,7,8). The monoisotopic (exact) mass is 389 g/mol. The molecule has 1 saturated heterocycles. The molecular weight excluding hydrogens is 369 g/mol. The van der Waals surface area contributed by atoms with Gasteiger partial charge in [0, 0.05) is 31.2 Å². The van der Waals surface area contributed by atoms with Crippen LogP contribution in [0, 0.1) is 5.92 Å². The van der Waals surface area contributed by atoms with Gasteiger partial charge in [-0.25, -0.2) is 9.59 Å². The van der Waals surface area contributed by atoms with Crippen molar-refractivity contribution in [2.24, 2.45) is 5.92 Å². The van der Waals surface area contributed by atoms with Gasteiger partial charge in [0.2, 0.25) is 0 Å². The predicted molar refractivity (Wildman–Crippen MR) is 96.3 cm³/mol. The molecule has 1 heterocycles. The number of aliphatic carboxylic acids is 2. The van der Waals surface area contributed by atoms with Crippen molar-refractivity contribution in [2.45, 2.75) is 12.3 Å². The maximum atomic E-state index is 9.55. The molecule has 0 spiro atoms. The largest absolute Gasteiger partial charge is 0.478 e. The van der Waals surface area contributed by atoms with Crippen LogP contribution in [0.4, 0.5) is 0 Å². The molecular formula is C17H21Cl2NO5. The Morgan fingerprint density at radius 2 is 1.80 bits per heavy atom. The number of piperidine rings is 1. The summed E-state index contributed by atoms with van der Waals surface area (Å²) < 4.78 is 0. The van der Waals surface area contributed by atoms with Gasteiger partial charge in [-0.3, -0.25) is 0 Å². The molecule has 8 heteroatoms. The third-order valence-electron chi connectivity index (χ3n) is 3.91. The summed E-state index contributed by atoms with van der Waals surface area (Å²) in [6.45, 7) is 2.21. The van der Waals surface area contributed by atoms with E-state index >= 15 is 0 Å². The van der Waals surface area contributed by atoms with E-state index in [1.807, 2.05) is 18.2 Å². The van der Waals surface area contributed by atoms with Crippen molar-refractivity contribution in [3.05, 3.63) is 46.0 Å². The Hall–Kier alpha value is -1.60. The minimum atomic E-state index is -1.26. The smallest absolute Gasteiger partial charge is 0.328 e. The fourth-order valence-corrected chi connectivity index (χ4v) is 3.03. The lowest BCUT2D eigenvalue weighted by Crippen LogP contribution is -2.38. The van der Waals surface area contributed by atoms with Gasteiger partial charge in [0.15, 0.2) is 0 Å². The summed E-state index contributed by atoms with van der Waals surface area (Å²) in [7, 11) is 2.09. The number of likely N-dealkylation sites (tertiary alicyclic amines) is 1. The zero-order valence-corrected chi connectivity index (χ0v) is 15.2. The average Bonchev–Trinajstić information content (AvgIpc) is 2.56. The molecule has 1 fully saturated rings. The summed E-state index contributed by atoms with van der Waals surface area (Å²) >= 11 is 12.0. The van der Waals surface area contributed by atoms with Gasteiger partial charge >= 0.3 is 11.9 Å². The van der Waals surface area contributed by atoms with Crippen LogP contribution in [0.2, 0.25) is 10.0 Å². The van der Waals surface area contributed by atoms with Crippen LogP contribution >= 0.6 is 23.2 Å². The fraction of sp³-hybridized carbons (Fsp3) is 0.412. The molecule has 0 radical (unpaired) electrons. The lowest BCUT2D eigenvalue weighted by Gasteiger charge is -2.36. The number of aliphatic hydroxyl groups excluding tert-OH is 1. The second-order valence-electron chi connectivity index (χ2n) is 5.78. The van der Waals surface area contributed by atoms with E-state index in [0.29, 0.717) is 28.1 Å². The molecule has 0 aromatic heterocycles. The molecule has 1 aromatic rings. The van der Waals surface area contributed by atoms with Crippen molar-refractivity contribution in [3.8, 4) is 0 Å². The first-order valence-corrected chi connectivity index (χ1v) is 8.38. The number of hydrogen-bond donors (Lipinski definition) is 3. The van der Waals surface area contributed by atoms with Crippen molar-refractivity contribution in [2.75, 3.05) is 26.7 Å². The number of carbonyl (C=O) groups is 2. The minimum Gasteiger partial charge on any atom is -0.478 e. The number of benzene rings is 1. The lowest BCUT2D eigenvalue weighted by molar-refractivity contribution is -0.134. The van der Waals surface area contributed by atoms with Gasteiger partial charge in [0.25, 0.3) is 0 Å².